The molecule has 0 aliphatic carbocycles. The highest BCUT2D eigenvalue weighted by Gasteiger charge is 2.05. The monoisotopic (exact) mass is 164 g/mol. The molecule has 3 N–H and O–H groups in total. The molecule has 68 valence electrons. The second-order valence-electron chi connectivity index (χ2n) is 2.26. The minimum absolute atomic E-state index is 0.0321. The van der Waals surface area contributed by atoms with Crippen molar-refractivity contribution in [2.24, 2.45) is 0 Å². The molecule has 0 bridgehead atoms. The average molecular weight is 164 g/mol. The van der Waals surface area contributed by atoms with Crippen molar-refractivity contribution < 1.29 is 20.1 Å². The van der Waals surface area contributed by atoms with Crippen LogP contribution in [0.3, 0.4) is 0 Å². The molecular weight excluding hydrogens is 148 g/mol. The zero-order chi connectivity index (χ0) is 8.53. The largest absolute Gasteiger partial charge is 0.396 e. The molecule has 4 nitrogen and oxygen atoms in total. The van der Waals surface area contributed by atoms with E-state index in [4.69, 9.17) is 20.1 Å². The number of ether oxygens (including phenoxy) is 1. The Hall–Kier alpha value is -0.160. The van der Waals surface area contributed by atoms with E-state index in [1.54, 1.807) is 0 Å². The Morgan fingerprint density at radius 1 is 1.09 bits per heavy atom. The van der Waals surface area contributed by atoms with E-state index in [9.17, 15) is 0 Å². The Morgan fingerprint density at radius 2 is 1.82 bits per heavy atom. The van der Waals surface area contributed by atoms with Crippen LogP contribution >= 0.6 is 0 Å². The van der Waals surface area contributed by atoms with Crippen LogP contribution in [-0.4, -0.2) is 47.9 Å². The van der Waals surface area contributed by atoms with E-state index in [-0.39, 0.29) is 32.5 Å². The summed E-state index contributed by atoms with van der Waals surface area (Å²) in [5.74, 6) is 0. The van der Waals surface area contributed by atoms with Gasteiger partial charge in [-0.3, -0.25) is 0 Å². The molecule has 11 heavy (non-hydrogen) atoms. The van der Waals surface area contributed by atoms with Gasteiger partial charge in [0.2, 0.25) is 0 Å². The summed E-state index contributed by atoms with van der Waals surface area (Å²) in [5.41, 5.74) is 0. The van der Waals surface area contributed by atoms with E-state index in [1.165, 1.54) is 0 Å². The zero-order valence-corrected chi connectivity index (χ0v) is 6.57. The molecule has 1 atom stereocenters. The summed E-state index contributed by atoms with van der Waals surface area (Å²) in [6.07, 6.45) is 1.01. The van der Waals surface area contributed by atoms with Gasteiger partial charge in [0.1, 0.15) is 0 Å². The van der Waals surface area contributed by atoms with Gasteiger partial charge in [0.05, 0.1) is 25.9 Å². The lowest BCUT2D eigenvalue weighted by Crippen LogP contribution is -2.19. The number of hydrogen-bond acceptors (Lipinski definition) is 4. The Kier molecular flexibility index (Phi) is 7.83. The first-order valence-corrected chi connectivity index (χ1v) is 3.79. The molecule has 0 aliphatic heterocycles. The van der Waals surface area contributed by atoms with Crippen molar-refractivity contribution in [2.45, 2.75) is 18.9 Å². The van der Waals surface area contributed by atoms with Crippen LogP contribution in [0.25, 0.3) is 0 Å². The maximum atomic E-state index is 8.69. The predicted molar refractivity (Wildman–Crippen MR) is 40.2 cm³/mol. The maximum absolute atomic E-state index is 8.69. The first-order chi connectivity index (χ1) is 5.35. The summed E-state index contributed by atoms with van der Waals surface area (Å²) in [4.78, 5) is 0. The van der Waals surface area contributed by atoms with Crippen LogP contribution in [0, 0.1) is 0 Å². The van der Waals surface area contributed by atoms with E-state index in [1.807, 2.05) is 0 Å². The van der Waals surface area contributed by atoms with Gasteiger partial charge >= 0.3 is 0 Å². The highest BCUT2D eigenvalue weighted by molar-refractivity contribution is 4.55. The smallest absolute Gasteiger partial charge is 0.0807 e. The van der Waals surface area contributed by atoms with Crippen LogP contribution in [-0.2, 0) is 4.74 Å². The first kappa shape index (κ1) is 10.8. The third-order valence-electron chi connectivity index (χ3n) is 1.33. The van der Waals surface area contributed by atoms with Gasteiger partial charge in [-0.15, -0.1) is 0 Å². The number of aliphatic hydroxyl groups excluding tert-OH is 3. The lowest BCUT2D eigenvalue weighted by molar-refractivity contribution is -0.0103. The Bertz CT molecular complexity index is 68.8. The SMILES string of the molecule is OCCCC(CO)OCCO. The molecule has 0 rings (SSSR count). The van der Waals surface area contributed by atoms with Gasteiger partial charge in [-0.1, -0.05) is 0 Å². The van der Waals surface area contributed by atoms with E-state index >= 15 is 0 Å². The van der Waals surface area contributed by atoms with Gasteiger partial charge in [-0.2, -0.15) is 0 Å². The maximum Gasteiger partial charge on any atom is 0.0807 e. The fraction of sp³-hybridized carbons (Fsp3) is 1.00. The van der Waals surface area contributed by atoms with Gasteiger partial charge in [0, 0.05) is 6.61 Å². The van der Waals surface area contributed by atoms with Crippen LogP contribution in [0.5, 0.6) is 0 Å². The predicted octanol–water partition coefficient (Wildman–Crippen LogP) is -0.871. The van der Waals surface area contributed by atoms with Gasteiger partial charge in [-0.05, 0) is 12.8 Å². The summed E-state index contributed by atoms with van der Waals surface area (Å²) >= 11 is 0. The van der Waals surface area contributed by atoms with Crippen molar-refractivity contribution in [1.82, 2.24) is 0 Å². The van der Waals surface area contributed by atoms with Crippen molar-refractivity contribution in [1.29, 1.82) is 0 Å². The van der Waals surface area contributed by atoms with Crippen molar-refractivity contribution in [3.05, 3.63) is 0 Å². The second kappa shape index (κ2) is 7.94. The summed E-state index contributed by atoms with van der Waals surface area (Å²) < 4.78 is 5.03. The van der Waals surface area contributed by atoms with Crippen LogP contribution < -0.4 is 0 Å². The second-order valence-corrected chi connectivity index (χ2v) is 2.26. The molecule has 0 heterocycles. The standard InChI is InChI=1S/C7H16O4/c8-3-1-2-7(6-10)11-5-4-9/h7-10H,1-6H2. The average Bonchev–Trinajstić information content (AvgIpc) is 2.05. The molecule has 0 saturated carbocycles. The molecule has 0 aromatic carbocycles. The molecular formula is C7H16O4. The van der Waals surface area contributed by atoms with Gasteiger partial charge < -0.3 is 20.1 Å². The number of rotatable bonds is 7. The van der Waals surface area contributed by atoms with E-state index in [0.717, 1.165) is 0 Å². The summed E-state index contributed by atoms with van der Waals surface area (Å²) in [6.45, 7) is 0.269. The van der Waals surface area contributed by atoms with E-state index in [2.05, 4.69) is 0 Å². The molecule has 1 unspecified atom stereocenters. The fourth-order valence-corrected chi connectivity index (χ4v) is 0.766. The normalized spacial score (nSPS) is 13.4. The Labute approximate surface area is 66.4 Å². The molecule has 0 radical (unpaired) electrons. The first-order valence-electron chi connectivity index (χ1n) is 3.79. The third-order valence-corrected chi connectivity index (χ3v) is 1.33. The number of aliphatic hydroxyl groups is 3. The van der Waals surface area contributed by atoms with Gasteiger partial charge in [0.15, 0.2) is 0 Å². The van der Waals surface area contributed by atoms with Crippen molar-refractivity contribution in [2.75, 3.05) is 26.4 Å². The topological polar surface area (TPSA) is 69.9 Å². The molecule has 0 aromatic rings. The molecule has 0 amide bonds. The van der Waals surface area contributed by atoms with Crippen LogP contribution in [0.15, 0.2) is 0 Å². The van der Waals surface area contributed by atoms with Crippen molar-refractivity contribution in [3.8, 4) is 0 Å². The highest BCUT2D eigenvalue weighted by atomic mass is 16.5. The third kappa shape index (κ3) is 6.25. The van der Waals surface area contributed by atoms with E-state index < -0.39 is 0 Å². The molecule has 0 spiro atoms. The Morgan fingerprint density at radius 3 is 2.27 bits per heavy atom. The van der Waals surface area contributed by atoms with Crippen LogP contribution in [0.4, 0.5) is 0 Å². The lowest BCUT2D eigenvalue weighted by Gasteiger charge is -2.13. The Balaban J connectivity index is 3.25. The van der Waals surface area contributed by atoms with Crippen LogP contribution in [0.1, 0.15) is 12.8 Å². The summed E-state index contributed by atoms with van der Waals surface area (Å²) in [5, 5.41) is 25.5. The molecule has 4 heteroatoms. The highest BCUT2D eigenvalue weighted by Crippen LogP contribution is 2.00. The lowest BCUT2D eigenvalue weighted by atomic mass is 10.2. The minimum Gasteiger partial charge on any atom is -0.396 e. The van der Waals surface area contributed by atoms with Crippen LogP contribution in [0.2, 0.25) is 0 Å². The minimum atomic E-state index is -0.241. The quantitative estimate of drug-likeness (QED) is 0.457. The number of hydrogen-bond donors (Lipinski definition) is 3. The fourth-order valence-electron chi connectivity index (χ4n) is 0.766. The van der Waals surface area contributed by atoms with Crippen molar-refractivity contribution >= 4 is 0 Å². The van der Waals surface area contributed by atoms with Gasteiger partial charge in [-0.25, -0.2) is 0 Å². The summed E-state index contributed by atoms with van der Waals surface area (Å²) in [7, 11) is 0. The molecule has 0 saturated heterocycles. The van der Waals surface area contributed by atoms with Gasteiger partial charge in [0.25, 0.3) is 0 Å². The molecule has 0 aromatic heterocycles. The zero-order valence-electron chi connectivity index (χ0n) is 6.57. The molecule has 0 fully saturated rings. The summed E-state index contributed by atoms with van der Waals surface area (Å²) in [6, 6.07) is 0. The van der Waals surface area contributed by atoms with Crippen molar-refractivity contribution in [3.63, 3.8) is 0 Å². The van der Waals surface area contributed by atoms with E-state index in [0.29, 0.717) is 12.8 Å². The molecule has 0 aliphatic rings.